The van der Waals surface area contributed by atoms with Crippen LogP contribution in [0, 0.1) is 5.92 Å². The topological polar surface area (TPSA) is 66.6 Å². The Bertz CT molecular complexity index is 593. The van der Waals surface area contributed by atoms with Crippen molar-refractivity contribution < 1.29 is 14.3 Å². The fourth-order valence-electron chi connectivity index (χ4n) is 2.70. The summed E-state index contributed by atoms with van der Waals surface area (Å²) in [5.41, 5.74) is 0.786. The van der Waals surface area contributed by atoms with Crippen LogP contribution < -0.4 is 0 Å². The van der Waals surface area contributed by atoms with E-state index in [1.165, 1.54) is 0 Å². The van der Waals surface area contributed by atoms with Gasteiger partial charge in [0.2, 0.25) is 5.89 Å². The molecular formula is C14H16N2O3S. The Morgan fingerprint density at radius 2 is 2.50 bits per heavy atom. The number of carbonyl (C=O) groups is 1. The molecule has 5 nitrogen and oxygen atoms in total. The summed E-state index contributed by atoms with van der Waals surface area (Å²) in [7, 11) is 0. The van der Waals surface area contributed by atoms with Crippen LogP contribution in [0.25, 0.3) is 10.8 Å². The largest absolute Gasteiger partial charge is 0.480 e. The molecule has 2 unspecified atom stereocenters. The third-order valence-electron chi connectivity index (χ3n) is 3.71. The zero-order valence-corrected chi connectivity index (χ0v) is 12.0. The van der Waals surface area contributed by atoms with E-state index in [1.807, 2.05) is 29.3 Å². The van der Waals surface area contributed by atoms with Crippen molar-refractivity contribution in [2.75, 3.05) is 6.54 Å². The summed E-state index contributed by atoms with van der Waals surface area (Å²) in [6, 6.07) is 3.49. The van der Waals surface area contributed by atoms with Gasteiger partial charge in [-0.2, -0.15) is 0 Å². The van der Waals surface area contributed by atoms with E-state index in [9.17, 15) is 9.90 Å². The summed E-state index contributed by atoms with van der Waals surface area (Å²) >= 11 is 1.57. The second kappa shape index (κ2) is 5.38. The predicted octanol–water partition coefficient (Wildman–Crippen LogP) is 2.70. The maximum atomic E-state index is 11.3. The Morgan fingerprint density at radius 1 is 1.65 bits per heavy atom. The molecule has 1 aliphatic heterocycles. The summed E-state index contributed by atoms with van der Waals surface area (Å²) < 4.78 is 5.47. The first-order valence-corrected chi connectivity index (χ1v) is 7.48. The summed E-state index contributed by atoms with van der Waals surface area (Å²) in [6.07, 6.45) is 2.53. The summed E-state index contributed by atoms with van der Waals surface area (Å²) in [6.45, 7) is 3.30. The molecule has 2 aromatic rings. The molecule has 0 amide bonds. The van der Waals surface area contributed by atoms with Gasteiger partial charge in [-0.25, -0.2) is 4.98 Å². The number of hydrogen-bond donors (Lipinski definition) is 1. The van der Waals surface area contributed by atoms with E-state index >= 15 is 0 Å². The predicted molar refractivity (Wildman–Crippen MR) is 75.4 cm³/mol. The zero-order chi connectivity index (χ0) is 14.1. The standard InChI is InChI=1S/C14H16N2O3S/c1-9-4-5-16(12(9)14(17)18)7-10-8-19-13(15-10)11-3-2-6-20-11/h2-3,6,8-9,12H,4-5,7H2,1H3,(H,17,18). The van der Waals surface area contributed by atoms with E-state index in [1.54, 1.807) is 17.6 Å². The molecule has 0 saturated carbocycles. The molecule has 0 aliphatic carbocycles. The Hall–Kier alpha value is -1.66. The second-order valence-corrected chi connectivity index (χ2v) is 6.09. The van der Waals surface area contributed by atoms with Crippen LogP contribution in [0.4, 0.5) is 0 Å². The van der Waals surface area contributed by atoms with Crippen molar-refractivity contribution >= 4 is 17.3 Å². The van der Waals surface area contributed by atoms with Gasteiger partial charge in [-0.1, -0.05) is 13.0 Å². The molecule has 1 aliphatic rings. The number of aromatic nitrogens is 1. The molecule has 1 saturated heterocycles. The summed E-state index contributed by atoms with van der Waals surface area (Å²) in [5.74, 6) is 0.0299. The highest BCUT2D eigenvalue weighted by atomic mass is 32.1. The molecule has 1 fully saturated rings. The van der Waals surface area contributed by atoms with Gasteiger partial charge in [0, 0.05) is 6.54 Å². The maximum Gasteiger partial charge on any atom is 0.321 e. The third kappa shape index (κ3) is 2.48. The molecule has 6 heteroatoms. The number of aliphatic carboxylic acids is 1. The molecule has 0 bridgehead atoms. The van der Waals surface area contributed by atoms with Gasteiger partial charge < -0.3 is 9.52 Å². The molecule has 0 spiro atoms. The molecule has 20 heavy (non-hydrogen) atoms. The lowest BCUT2D eigenvalue weighted by Gasteiger charge is -2.21. The van der Waals surface area contributed by atoms with E-state index in [4.69, 9.17) is 4.42 Å². The Kier molecular flexibility index (Phi) is 3.58. The van der Waals surface area contributed by atoms with Gasteiger partial charge in [0.25, 0.3) is 0 Å². The van der Waals surface area contributed by atoms with E-state index in [0.29, 0.717) is 12.4 Å². The van der Waals surface area contributed by atoms with Crippen LogP contribution in [0.3, 0.4) is 0 Å². The minimum atomic E-state index is -0.753. The zero-order valence-electron chi connectivity index (χ0n) is 11.2. The van der Waals surface area contributed by atoms with E-state index in [-0.39, 0.29) is 5.92 Å². The summed E-state index contributed by atoms with van der Waals surface area (Å²) in [5, 5.41) is 11.3. The van der Waals surface area contributed by atoms with Gasteiger partial charge in [-0.15, -0.1) is 11.3 Å². The molecule has 0 aromatic carbocycles. The Balaban J connectivity index is 1.74. The number of oxazole rings is 1. The van der Waals surface area contributed by atoms with Crippen LogP contribution in [0.15, 0.2) is 28.2 Å². The van der Waals surface area contributed by atoms with E-state index < -0.39 is 12.0 Å². The number of rotatable bonds is 4. The molecule has 1 N–H and O–H groups in total. The van der Waals surface area contributed by atoms with Crippen LogP contribution >= 0.6 is 11.3 Å². The van der Waals surface area contributed by atoms with Crippen molar-refractivity contribution in [2.45, 2.75) is 25.9 Å². The van der Waals surface area contributed by atoms with Gasteiger partial charge in [0.1, 0.15) is 12.3 Å². The molecular weight excluding hydrogens is 276 g/mol. The van der Waals surface area contributed by atoms with Crippen LogP contribution in [-0.4, -0.2) is 33.5 Å². The van der Waals surface area contributed by atoms with Gasteiger partial charge in [0.05, 0.1) is 10.6 Å². The minimum absolute atomic E-state index is 0.177. The first kappa shape index (κ1) is 13.3. The van der Waals surface area contributed by atoms with Gasteiger partial charge in [-0.3, -0.25) is 9.69 Å². The van der Waals surface area contributed by atoms with Crippen LogP contribution in [-0.2, 0) is 11.3 Å². The average molecular weight is 292 g/mol. The number of thiophene rings is 1. The lowest BCUT2D eigenvalue weighted by atomic mass is 10.0. The van der Waals surface area contributed by atoms with Crippen LogP contribution in [0.5, 0.6) is 0 Å². The Labute approximate surface area is 120 Å². The summed E-state index contributed by atoms with van der Waals surface area (Å²) in [4.78, 5) is 18.7. The van der Waals surface area contributed by atoms with Crippen LogP contribution in [0.1, 0.15) is 19.0 Å². The highest BCUT2D eigenvalue weighted by Crippen LogP contribution is 2.28. The molecule has 2 atom stereocenters. The van der Waals surface area contributed by atoms with Gasteiger partial charge in [0.15, 0.2) is 0 Å². The number of nitrogens with zero attached hydrogens (tertiary/aromatic N) is 2. The fraction of sp³-hybridized carbons (Fsp3) is 0.429. The minimum Gasteiger partial charge on any atom is -0.480 e. The lowest BCUT2D eigenvalue weighted by molar-refractivity contribution is -0.143. The highest BCUT2D eigenvalue weighted by Gasteiger charge is 2.36. The van der Waals surface area contributed by atoms with E-state index in [0.717, 1.165) is 23.5 Å². The number of likely N-dealkylation sites (tertiary alicyclic amines) is 1. The van der Waals surface area contributed by atoms with Crippen molar-refractivity contribution in [3.8, 4) is 10.8 Å². The SMILES string of the molecule is CC1CCN(Cc2coc(-c3cccs3)n2)C1C(=O)O. The van der Waals surface area contributed by atoms with Gasteiger partial charge >= 0.3 is 5.97 Å². The molecule has 3 heterocycles. The van der Waals surface area contributed by atoms with Crippen molar-refractivity contribution in [1.82, 2.24) is 9.88 Å². The third-order valence-corrected chi connectivity index (χ3v) is 4.56. The maximum absolute atomic E-state index is 11.3. The normalized spacial score (nSPS) is 23.2. The fourth-order valence-corrected chi connectivity index (χ4v) is 3.36. The average Bonchev–Trinajstić information content (AvgIpc) is 3.10. The Morgan fingerprint density at radius 3 is 3.20 bits per heavy atom. The second-order valence-electron chi connectivity index (χ2n) is 5.14. The van der Waals surface area contributed by atoms with Crippen molar-refractivity contribution in [2.24, 2.45) is 5.92 Å². The number of carboxylic acid groups (broad SMARTS) is 1. The number of carboxylic acids is 1. The van der Waals surface area contributed by atoms with Crippen molar-refractivity contribution in [3.05, 3.63) is 29.5 Å². The lowest BCUT2D eigenvalue weighted by Crippen LogP contribution is -2.38. The van der Waals surface area contributed by atoms with Crippen LogP contribution in [0.2, 0.25) is 0 Å². The first-order chi connectivity index (χ1) is 9.65. The number of hydrogen-bond acceptors (Lipinski definition) is 5. The first-order valence-electron chi connectivity index (χ1n) is 6.60. The molecule has 2 aromatic heterocycles. The van der Waals surface area contributed by atoms with Gasteiger partial charge in [-0.05, 0) is 30.3 Å². The van der Waals surface area contributed by atoms with Crippen molar-refractivity contribution in [1.29, 1.82) is 0 Å². The molecule has 106 valence electrons. The monoisotopic (exact) mass is 292 g/mol. The smallest absolute Gasteiger partial charge is 0.321 e. The molecule has 3 rings (SSSR count). The van der Waals surface area contributed by atoms with E-state index in [2.05, 4.69) is 4.98 Å². The highest BCUT2D eigenvalue weighted by molar-refractivity contribution is 7.13. The quantitative estimate of drug-likeness (QED) is 0.938. The molecule has 0 radical (unpaired) electrons. The van der Waals surface area contributed by atoms with Crippen molar-refractivity contribution in [3.63, 3.8) is 0 Å².